The van der Waals surface area contributed by atoms with E-state index in [0.717, 1.165) is 11.1 Å². The molecule has 0 atom stereocenters. The first-order chi connectivity index (χ1) is 15.6. The standard InChI is InChI=1S/C24H28N2O5S2/c1-5-16-26(33(29,30)22-13-8-19(3)9-14-22)24-15-10-20(31-4)17-23(24)25-32(27,28)21-11-6-18(2)7-12-21/h6-15,17,25H,5,16H2,1-4H3. The summed E-state index contributed by atoms with van der Waals surface area (Å²) in [5.74, 6) is 0.393. The van der Waals surface area contributed by atoms with Crippen molar-refractivity contribution in [3.05, 3.63) is 77.9 Å². The first-order valence-corrected chi connectivity index (χ1v) is 13.4. The van der Waals surface area contributed by atoms with Gasteiger partial charge in [0.05, 0.1) is 28.3 Å². The van der Waals surface area contributed by atoms with Crippen LogP contribution in [0.3, 0.4) is 0 Å². The number of aryl methyl sites for hydroxylation is 2. The number of hydrogen-bond donors (Lipinski definition) is 1. The van der Waals surface area contributed by atoms with E-state index in [1.807, 2.05) is 20.8 Å². The largest absolute Gasteiger partial charge is 0.497 e. The molecule has 0 unspecified atom stereocenters. The van der Waals surface area contributed by atoms with Crippen LogP contribution in [0.25, 0.3) is 0 Å². The number of anilines is 2. The van der Waals surface area contributed by atoms with Crippen LogP contribution in [0.4, 0.5) is 11.4 Å². The lowest BCUT2D eigenvalue weighted by Gasteiger charge is -2.27. The zero-order chi connectivity index (χ0) is 24.2. The first-order valence-electron chi connectivity index (χ1n) is 10.5. The Bertz CT molecular complexity index is 1320. The van der Waals surface area contributed by atoms with Gasteiger partial charge in [-0.05, 0) is 56.7 Å². The number of benzene rings is 3. The second kappa shape index (κ2) is 9.84. The summed E-state index contributed by atoms with van der Waals surface area (Å²) in [6, 6.07) is 17.6. The Morgan fingerprint density at radius 2 is 1.36 bits per heavy atom. The lowest BCUT2D eigenvalue weighted by atomic mass is 10.2. The first kappa shape index (κ1) is 24.6. The monoisotopic (exact) mass is 488 g/mol. The fourth-order valence-corrected chi connectivity index (χ4v) is 5.91. The maximum absolute atomic E-state index is 13.5. The molecule has 1 N–H and O–H groups in total. The van der Waals surface area contributed by atoms with Gasteiger partial charge in [0.2, 0.25) is 0 Å². The molecule has 3 aromatic carbocycles. The molecule has 176 valence electrons. The van der Waals surface area contributed by atoms with Crippen LogP contribution >= 0.6 is 0 Å². The summed E-state index contributed by atoms with van der Waals surface area (Å²) in [7, 11) is -6.45. The van der Waals surface area contributed by atoms with Gasteiger partial charge in [-0.3, -0.25) is 9.03 Å². The van der Waals surface area contributed by atoms with Crippen LogP contribution in [0.2, 0.25) is 0 Å². The molecule has 0 fully saturated rings. The molecule has 7 nitrogen and oxygen atoms in total. The maximum Gasteiger partial charge on any atom is 0.264 e. The van der Waals surface area contributed by atoms with Gasteiger partial charge in [-0.15, -0.1) is 0 Å². The quantitative estimate of drug-likeness (QED) is 0.471. The maximum atomic E-state index is 13.5. The average Bonchev–Trinajstić information content (AvgIpc) is 2.78. The van der Waals surface area contributed by atoms with Gasteiger partial charge in [-0.2, -0.15) is 0 Å². The summed E-state index contributed by atoms with van der Waals surface area (Å²) in [6.07, 6.45) is 0.529. The SMILES string of the molecule is CCCN(c1ccc(OC)cc1NS(=O)(=O)c1ccc(C)cc1)S(=O)(=O)c1ccc(C)cc1. The molecule has 0 aliphatic heterocycles. The minimum absolute atomic E-state index is 0.0744. The Morgan fingerprint density at radius 1 is 0.818 bits per heavy atom. The zero-order valence-electron chi connectivity index (χ0n) is 19.1. The third-order valence-electron chi connectivity index (χ3n) is 5.08. The van der Waals surface area contributed by atoms with Crippen molar-refractivity contribution in [2.24, 2.45) is 0 Å². The smallest absolute Gasteiger partial charge is 0.264 e. The highest BCUT2D eigenvalue weighted by Gasteiger charge is 2.28. The fourth-order valence-electron chi connectivity index (χ4n) is 3.27. The van der Waals surface area contributed by atoms with Crippen LogP contribution < -0.4 is 13.8 Å². The lowest BCUT2D eigenvalue weighted by molar-refractivity contribution is 0.415. The van der Waals surface area contributed by atoms with Crippen molar-refractivity contribution in [1.29, 1.82) is 0 Å². The molecule has 0 aromatic heterocycles. The molecule has 0 heterocycles. The molecule has 0 saturated heterocycles. The van der Waals surface area contributed by atoms with E-state index >= 15 is 0 Å². The van der Waals surface area contributed by atoms with Crippen molar-refractivity contribution in [3.8, 4) is 5.75 Å². The molecule has 0 spiro atoms. The predicted octanol–water partition coefficient (Wildman–Crippen LogP) is 4.72. The van der Waals surface area contributed by atoms with Crippen LogP contribution in [0.1, 0.15) is 24.5 Å². The van der Waals surface area contributed by atoms with E-state index in [1.54, 1.807) is 48.5 Å². The van der Waals surface area contributed by atoms with Gasteiger partial charge in [0, 0.05) is 12.6 Å². The predicted molar refractivity (Wildman–Crippen MR) is 131 cm³/mol. The average molecular weight is 489 g/mol. The zero-order valence-corrected chi connectivity index (χ0v) is 20.7. The number of ether oxygens (including phenoxy) is 1. The Balaban J connectivity index is 2.12. The van der Waals surface area contributed by atoms with Crippen LogP contribution in [0.5, 0.6) is 5.75 Å². The molecule has 3 rings (SSSR count). The van der Waals surface area contributed by atoms with Gasteiger partial charge >= 0.3 is 0 Å². The Kier molecular flexibility index (Phi) is 7.34. The van der Waals surface area contributed by atoms with Gasteiger partial charge in [0.15, 0.2) is 0 Å². The second-order valence-electron chi connectivity index (χ2n) is 7.69. The van der Waals surface area contributed by atoms with E-state index in [9.17, 15) is 16.8 Å². The molecule has 9 heteroatoms. The van der Waals surface area contributed by atoms with Crippen LogP contribution in [0, 0.1) is 13.8 Å². The Hall–Kier alpha value is -3.04. The third kappa shape index (κ3) is 5.48. The number of nitrogens with one attached hydrogen (secondary N) is 1. The van der Waals surface area contributed by atoms with Gasteiger partial charge in [-0.1, -0.05) is 42.3 Å². The van der Waals surface area contributed by atoms with E-state index in [0.29, 0.717) is 12.2 Å². The van der Waals surface area contributed by atoms with Gasteiger partial charge in [-0.25, -0.2) is 16.8 Å². The normalized spacial score (nSPS) is 11.8. The number of sulfonamides is 2. The summed E-state index contributed by atoms with van der Waals surface area (Å²) in [6.45, 7) is 5.77. The van der Waals surface area contributed by atoms with Crippen molar-refractivity contribution < 1.29 is 21.6 Å². The van der Waals surface area contributed by atoms with Gasteiger partial charge in [0.1, 0.15) is 5.75 Å². The molecule has 0 aliphatic rings. The highest BCUT2D eigenvalue weighted by atomic mass is 32.2. The number of hydrogen-bond acceptors (Lipinski definition) is 5. The summed E-state index contributed by atoms with van der Waals surface area (Å²) >= 11 is 0. The van der Waals surface area contributed by atoms with Crippen molar-refractivity contribution in [2.75, 3.05) is 22.7 Å². The molecule has 33 heavy (non-hydrogen) atoms. The van der Waals surface area contributed by atoms with E-state index < -0.39 is 20.0 Å². The van der Waals surface area contributed by atoms with Gasteiger partial charge < -0.3 is 4.74 Å². The minimum Gasteiger partial charge on any atom is -0.497 e. The summed E-state index contributed by atoms with van der Waals surface area (Å²) < 4.78 is 62.3. The van der Waals surface area contributed by atoms with Crippen molar-refractivity contribution in [2.45, 2.75) is 37.0 Å². The summed E-state index contributed by atoms with van der Waals surface area (Å²) in [5, 5.41) is 0. The molecule has 0 bridgehead atoms. The molecular weight excluding hydrogens is 460 g/mol. The fraction of sp³-hybridized carbons (Fsp3) is 0.250. The minimum atomic E-state index is -3.97. The Morgan fingerprint density at radius 3 is 1.88 bits per heavy atom. The summed E-state index contributed by atoms with van der Waals surface area (Å²) in [4.78, 5) is 0.204. The second-order valence-corrected chi connectivity index (χ2v) is 11.2. The molecule has 0 saturated carbocycles. The van der Waals surface area contributed by atoms with Crippen LogP contribution in [-0.4, -0.2) is 30.5 Å². The van der Waals surface area contributed by atoms with Crippen molar-refractivity contribution >= 4 is 31.4 Å². The molecule has 0 amide bonds. The van der Waals surface area contributed by atoms with Crippen molar-refractivity contribution in [3.63, 3.8) is 0 Å². The van der Waals surface area contributed by atoms with Crippen LogP contribution in [-0.2, 0) is 20.0 Å². The number of methoxy groups -OCH3 is 1. The van der Waals surface area contributed by atoms with Crippen LogP contribution in [0.15, 0.2) is 76.5 Å². The number of rotatable bonds is 9. The van der Waals surface area contributed by atoms with Crippen molar-refractivity contribution in [1.82, 2.24) is 0 Å². The molecule has 3 aromatic rings. The summed E-state index contributed by atoms with van der Waals surface area (Å²) in [5.41, 5.74) is 2.19. The molecule has 0 aliphatic carbocycles. The highest BCUT2D eigenvalue weighted by molar-refractivity contribution is 7.93. The number of nitrogens with zero attached hydrogens (tertiary/aromatic N) is 1. The molecular formula is C24H28N2O5S2. The van der Waals surface area contributed by atoms with E-state index in [2.05, 4.69) is 4.72 Å². The third-order valence-corrected chi connectivity index (χ3v) is 8.29. The van der Waals surface area contributed by atoms with Gasteiger partial charge in [0.25, 0.3) is 20.0 Å². The van der Waals surface area contributed by atoms with E-state index in [4.69, 9.17) is 4.74 Å². The Labute approximate surface area is 196 Å². The molecule has 0 radical (unpaired) electrons. The topological polar surface area (TPSA) is 92.8 Å². The lowest BCUT2D eigenvalue weighted by Crippen LogP contribution is -2.32. The van der Waals surface area contributed by atoms with E-state index in [1.165, 1.54) is 29.6 Å². The van der Waals surface area contributed by atoms with E-state index in [-0.39, 0.29) is 27.7 Å². The highest BCUT2D eigenvalue weighted by Crippen LogP contribution is 2.35.